The second kappa shape index (κ2) is 10.1. The molecule has 0 aliphatic heterocycles. The molecule has 0 radical (unpaired) electrons. The van der Waals surface area contributed by atoms with Crippen molar-refractivity contribution in [2.45, 2.75) is 25.0 Å². The molecule has 0 saturated carbocycles. The van der Waals surface area contributed by atoms with Crippen molar-refractivity contribution in [3.05, 3.63) is 70.4 Å². The summed E-state index contributed by atoms with van der Waals surface area (Å²) in [7, 11) is -3.63. The van der Waals surface area contributed by atoms with Gasteiger partial charge in [0.2, 0.25) is 10.0 Å². The van der Waals surface area contributed by atoms with E-state index < -0.39 is 21.2 Å². The van der Waals surface area contributed by atoms with Crippen LogP contribution < -0.4 is 16.2 Å². The first kappa shape index (κ1) is 24.1. The van der Waals surface area contributed by atoms with Crippen LogP contribution in [0.2, 0.25) is 0 Å². The van der Waals surface area contributed by atoms with Crippen LogP contribution in [-0.4, -0.2) is 36.2 Å². The molecule has 0 bridgehead atoms. The maximum atomic E-state index is 12.5. The summed E-state index contributed by atoms with van der Waals surface area (Å²) in [6.45, 7) is 2.00. The molecule has 1 atom stereocenters. The Morgan fingerprint density at radius 2 is 2.00 bits per heavy atom. The number of carbonyl (C=O) groups is 1. The van der Waals surface area contributed by atoms with Crippen molar-refractivity contribution in [2.75, 3.05) is 17.7 Å². The number of aromatic nitrogens is 2. The van der Waals surface area contributed by atoms with E-state index in [1.165, 1.54) is 28.7 Å². The summed E-state index contributed by atoms with van der Waals surface area (Å²) in [6, 6.07) is 9.80. The van der Waals surface area contributed by atoms with Crippen LogP contribution in [-0.2, 0) is 21.2 Å². The summed E-state index contributed by atoms with van der Waals surface area (Å²) in [5, 5.41) is 8.71. The molecule has 3 aromatic rings. The topological polar surface area (TPSA) is 150 Å². The maximum absolute atomic E-state index is 12.5. The van der Waals surface area contributed by atoms with Crippen LogP contribution in [0.5, 0.6) is 0 Å². The number of nitrogen functional groups attached to an aromatic ring is 1. The number of benzene rings is 1. The number of esters is 1. The van der Waals surface area contributed by atoms with Crippen LogP contribution in [0.1, 0.15) is 34.3 Å². The third-order valence-corrected chi connectivity index (χ3v) is 8.34. The lowest BCUT2D eigenvalue weighted by Crippen LogP contribution is -2.27. The zero-order valence-corrected chi connectivity index (χ0v) is 20.7. The van der Waals surface area contributed by atoms with Crippen LogP contribution in [0.25, 0.3) is 9.88 Å². The lowest BCUT2D eigenvalue weighted by molar-refractivity contribution is 0.0519. The minimum Gasteiger partial charge on any atom is -0.461 e. The standard InChI is InChI=1S/C22H23N5O4S3/c1-2-31-21(28)17-16(12-13-6-4-3-5-7-13)32-20(26-17)18-19(23)27-22(33-18)25-14-8-10-15(11-9-14)34(24,29)30/h3-10,15H,2,11-12,23H2,1H3,(H,25,27)(H2,24,29,30). The third kappa shape index (κ3) is 5.53. The number of carbonyl (C=O) groups excluding carboxylic acids is 1. The van der Waals surface area contributed by atoms with E-state index in [2.05, 4.69) is 15.3 Å². The van der Waals surface area contributed by atoms with Gasteiger partial charge in [0, 0.05) is 17.0 Å². The molecule has 0 saturated heterocycles. The first-order chi connectivity index (χ1) is 16.2. The van der Waals surface area contributed by atoms with Gasteiger partial charge in [-0.2, -0.15) is 0 Å². The fraction of sp³-hybridized carbons (Fsp3) is 0.227. The minimum atomic E-state index is -3.63. The number of nitrogens with two attached hydrogens (primary N) is 2. The Morgan fingerprint density at radius 1 is 1.24 bits per heavy atom. The molecular formula is C22H23N5O4S3. The number of anilines is 2. The normalized spacial score (nSPS) is 15.7. The summed E-state index contributed by atoms with van der Waals surface area (Å²) in [5.74, 6) is -0.190. The molecule has 2 aromatic heterocycles. The summed E-state index contributed by atoms with van der Waals surface area (Å²) in [6.07, 6.45) is 5.74. The molecule has 2 heterocycles. The van der Waals surface area contributed by atoms with Gasteiger partial charge in [-0.15, -0.1) is 11.3 Å². The van der Waals surface area contributed by atoms with E-state index >= 15 is 0 Å². The highest BCUT2D eigenvalue weighted by molar-refractivity contribution is 7.89. The number of ether oxygens (including phenoxy) is 1. The average molecular weight is 518 g/mol. The van der Waals surface area contributed by atoms with Crippen molar-refractivity contribution in [3.8, 4) is 9.88 Å². The van der Waals surface area contributed by atoms with Crippen molar-refractivity contribution in [1.29, 1.82) is 0 Å². The summed E-state index contributed by atoms with van der Waals surface area (Å²) in [4.78, 5) is 22.9. The fourth-order valence-electron chi connectivity index (χ4n) is 3.31. The highest BCUT2D eigenvalue weighted by atomic mass is 32.2. The molecule has 0 fully saturated rings. The zero-order chi connectivity index (χ0) is 24.3. The van der Waals surface area contributed by atoms with E-state index in [9.17, 15) is 13.2 Å². The van der Waals surface area contributed by atoms with Crippen molar-refractivity contribution in [2.24, 2.45) is 5.14 Å². The van der Waals surface area contributed by atoms with Gasteiger partial charge in [0.1, 0.15) is 15.7 Å². The Morgan fingerprint density at radius 3 is 2.65 bits per heavy atom. The van der Waals surface area contributed by atoms with Gasteiger partial charge in [-0.3, -0.25) is 0 Å². The minimum absolute atomic E-state index is 0.252. The quantitative estimate of drug-likeness (QED) is 0.384. The van der Waals surface area contributed by atoms with Gasteiger partial charge in [-0.25, -0.2) is 28.3 Å². The number of nitrogens with one attached hydrogen (secondary N) is 1. The molecule has 1 unspecified atom stereocenters. The number of allylic oxidation sites excluding steroid dienone is 2. The van der Waals surface area contributed by atoms with Crippen LogP contribution >= 0.6 is 22.7 Å². The predicted octanol–water partition coefficient (Wildman–Crippen LogP) is 3.53. The molecule has 34 heavy (non-hydrogen) atoms. The number of thiazole rings is 2. The van der Waals surface area contributed by atoms with Crippen molar-refractivity contribution >= 4 is 49.6 Å². The fourth-order valence-corrected chi connectivity index (χ4v) is 6.04. The molecule has 9 nitrogen and oxygen atoms in total. The molecule has 1 aliphatic rings. The van der Waals surface area contributed by atoms with Crippen LogP contribution in [0.4, 0.5) is 10.9 Å². The third-order valence-electron chi connectivity index (χ3n) is 4.96. The first-order valence-electron chi connectivity index (χ1n) is 10.4. The highest BCUT2D eigenvalue weighted by Gasteiger charge is 2.24. The Labute approximate surface area is 205 Å². The van der Waals surface area contributed by atoms with E-state index in [1.807, 2.05) is 30.3 Å². The van der Waals surface area contributed by atoms with Crippen molar-refractivity contribution in [1.82, 2.24) is 9.97 Å². The highest BCUT2D eigenvalue weighted by Crippen LogP contribution is 2.39. The summed E-state index contributed by atoms with van der Waals surface area (Å²) < 4.78 is 28.2. The molecule has 0 amide bonds. The SMILES string of the molecule is CCOC(=O)c1nc(-c2sc(NC3=CCC(S(N)(=O)=O)C=C3)nc2N)sc1Cc1ccccc1. The van der Waals surface area contributed by atoms with Gasteiger partial charge in [-0.1, -0.05) is 53.8 Å². The molecule has 4 rings (SSSR count). The predicted molar refractivity (Wildman–Crippen MR) is 135 cm³/mol. The van der Waals surface area contributed by atoms with Crippen molar-refractivity contribution < 1.29 is 17.9 Å². The average Bonchev–Trinajstić information content (AvgIpc) is 3.37. The lowest BCUT2D eigenvalue weighted by Gasteiger charge is -2.14. The van der Waals surface area contributed by atoms with E-state index in [0.717, 1.165) is 10.4 Å². The molecule has 12 heteroatoms. The molecular weight excluding hydrogens is 494 g/mol. The van der Waals surface area contributed by atoms with E-state index in [-0.39, 0.29) is 24.5 Å². The van der Waals surface area contributed by atoms with Gasteiger partial charge >= 0.3 is 5.97 Å². The monoisotopic (exact) mass is 517 g/mol. The maximum Gasteiger partial charge on any atom is 0.358 e. The Hall–Kier alpha value is -3.06. The second-order valence-corrected chi connectivity index (χ2v) is 11.3. The number of hydrogen-bond acceptors (Lipinski definition) is 10. The van der Waals surface area contributed by atoms with E-state index in [0.29, 0.717) is 27.1 Å². The molecule has 1 aromatic carbocycles. The van der Waals surface area contributed by atoms with Gasteiger partial charge in [-0.05, 0) is 25.0 Å². The Balaban J connectivity index is 1.59. The number of nitrogens with zero attached hydrogens (tertiary/aromatic N) is 2. The van der Waals surface area contributed by atoms with Crippen molar-refractivity contribution in [3.63, 3.8) is 0 Å². The second-order valence-electron chi connectivity index (χ2n) is 7.41. The van der Waals surface area contributed by atoms with Gasteiger partial charge in [0.25, 0.3) is 0 Å². The molecule has 0 spiro atoms. The smallest absolute Gasteiger partial charge is 0.358 e. The lowest BCUT2D eigenvalue weighted by atomic mass is 10.1. The number of primary sulfonamides is 1. The zero-order valence-electron chi connectivity index (χ0n) is 18.2. The summed E-state index contributed by atoms with van der Waals surface area (Å²) in [5.41, 5.74) is 8.20. The summed E-state index contributed by atoms with van der Waals surface area (Å²) >= 11 is 2.68. The van der Waals surface area contributed by atoms with Gasteiger partial charge < -0.3 is 15.8 Å². The molecule has 1 aliphatic carbocycles. The number of sulfonamides is 1. The van der Waals surface area contributed by atoms with Crippen LogP contribution in [0, 0.1) is 0 Å². The van der Waals surface area contributed by atoms with E-state index in [1.54, 1.807) is 19.1 Å². The van der Waals surface area contributed by atoms with Gasteiger partial charge in [0.15, 0.2) is 10.8 Å². The van der Waals surface area contributed by atoms with E-state index in [4.69, 9.17) is 15.6 Å². The number of rotatable bonds is 8. The van der Waals surface area contributed by atoms with Crippen LogP contribution in [0.3, 0.4) is 0 Å². The largest absolute Gasteiger partial charge is 0.461 e. The molecule has 178 valence electrons. The number of hydrogen-bond donors (Lipinski definition) is 3. The molecule has 5 N–H and O–H groups in total. The van der Waals surface area contributed by atoms with Gasteiger partial charge in [0.05, 0.1) is 11.9 Å². The van der Waals surface area contributed by atoms with Crippen LogP contribution in [0.15, 0.2) is 54.3 Å². The Kier molecular flexibility index (Phi) is 7.12. The Bertz CT molecular complexity index is 1360. The first-order valence-corrected chi connectivity index (χ1v) is 13.6.